The van der Waals surface area contributed by atoms with Gasteiger partial charge in [-0.1, -0.05) is 16.8 Å². The number of carbonyl (C=O) groups is 2. The van der Waals surface area contributed by atoms with Gasteiger partial charge in [0, 0.05) is 31.3 Å². The van der Waals surface area contributed by atoms with Crippen LogP contribution >= 0.6 is 11.6 Å². The van der Waals surface area contributed by atoms with E-state index in [2.05, 4.69) is 19.9 Å². The van der Waals surface area contributed by atoms with Gasteiger partial charge in [0.1, 0.15) is 17.2 Å². The van der Waals surface area contributed by atoms with Crippen LogP contribution in [0.4, 0.5) is 9.18 Å². The second-order valence-electron chi connectivity index (χ2n) is 8.09. The molecular weight excluding hydrogens is 465 g/mol. The average molecular weight is 484 g/mol. The lowest BCUT2D eigenvalue weighted by Crippen LogP contribution is -2.48. The van der Waals surface area contributed by atoms with Crippen molar-refractivity contribution in [2.45, 2.75) is 19.3 Å². The lowest BCUT2D eigenvalue weighted by atomic mass is 9.98. The van der Waals surface area contributed by atoms with Crippen molar-refractivity contribution in [3.8, 4) is 11.4 Å². The number of ketones is 1. The van der Waals surface area contributed by atoms with Crippen LogP contribution in [0.25, 0.3) is 17.0 Å². The summed E-state index contributed by atoms with van der Waals surface area (Å²) in [7, 11) is 1.32. The predicted molar refractivity (Wildman–Crippen MR) is 119 cm³/mol. The molecule has 34 heavy (non-hydrogen) atoms. The van der Waals surface area contributed by atoms with Gasteiger partial charge in [-0.3, -0.25) is 9.20 Å². The molecule has 4 heterocycles. The molecule has 174 valence electrons. The standard InChI is InChI=1S/C23H19ClFN5O4/c1-12-13(7-19(31)18-8-26-20-4-3-16(24)11-30(18)20)5-14(6-17(12)25)21-27-22(34-28-21)15-9-29(10-15)23(32)33-2/h3-6,8,11,15H,7,9-10H2,1-2H3. The van der Waals surface area contributed by atoms with Gasteiger partial charge in [0.15, 0.2) is 5.78 Å². The first-order chi connectivity index (χ1) is 16.3. The summed E-state index contributed by atoms with van der Waals surface area (Å²) >= 11 is 6.06. The molecule has 4 aromatic rings. The summed E-state index contributed by atoms with van der Waals surface area (Å²) in [6.07, 6.45) is 2.63. The maximum absolute atomic E-state index is 14.8. The normalized spacial score (nSPS) is 13.8. The number of ether oxygens (including phenoxy) is 1. The number of rotatable bonds is 5. The van der Waals surface area contributed by atoms with Crippen molar-refractivity contribution in [3.05, 3.63) is 70.2 Å². The third kappa shape index (κ3) is 3.90. The van der Waals surface area contributed by atoms with E-state index in [4.69, 9.17) is 16.1 Å². The zero-order valence-electron chi connectivity index (χ0n) is 18.3. The molecule has 0 bridgehead atoms. The molecule has 0 atom stereocenters. The minimum absolute atomic E-state index is 0.0433. The molecule has 1 aromatic carbocycles. The smallest absolute Gasteiger partial charge is 0.409 e. The molecule has 1 saturated heterocycles. The number of aromatic nitrogens is 4. The van der Waals surface area contributed by atoms with Crippen molar-refractivity contribution in [2.75, 3.05) is 20.2 Å². The number of nitrogens with zero attached hydrogens (tertiary/aromatic N) is 5. The van der Waals surface area contributed by atoms with Crippen LogP contribution in [-0.4, -0.2) is 56.5 Å². The molecule has 1 aliphatic heterocycles. The topological polar surface area (TPSA) is 103 Å². The van der Waals surface area contributed by atoms with E-state index in [-0.39, 0.29) is 23.9 Å². The Morgan fingerprint density at radius 2 is 2.09 bits per heavy atom. The summed E-state index contributed by atoms with van der Waals surface area (Å²) in [6, 6.07) is 6.40. The molecule has 1 amide bonds. The Balaban J connectivity index is 1.38. The summed E-state index contributed by atoms with van der Waals surface area (Å²) in [5, 5.41) is 4.44. The first kappa shape index (κ1) is 22.0. The number of carbonyl (C=O) groups excluding carboxylic acids is 2. The Kier molecular flexibility index (Phi) is 5.52. The minimum atomic E-state index is -0.478. The molecule has 0 saturated carbocycles. The van der Waals surface area contributed by atoms with Crippen LogP contribution in [0.2, 0.25) is 5.02 Å². The largest absolute Gasteiger partial charge is 0.453 e. The van der Waals surface area contributed by atoms with Crippen LogP contribution < -0.4 is 0 Å². The number of halogens is 2. The predicted octanol–water partition coefficient (Wildman–Crippen LogP) is 4.08. The monoisotopic (exact) mass is 483 g/mol. The maximum atomic E-state index is 14.8. The highest BCUT2D eigenvalue weighted by atomic mass is 35.5. The van der Waals surface area contributed by atoms with Crippen LogP contribution in [0, 0.1) is 12.7 Å². The summed E-state index contributed by atoms with van der Waals surface area (Å²) in [6.45, 7) is 2.42. The van der Waals surface area contributed by atoms with Gasteiger partial charge in [0.2, 0.25) is 11.7 Å². The highest BCUT2D eigenvalue weighted by Gasteiger charge is 2.36. The van der Waals surface area contributed by atoms with Gasteiger partial charge in [-0.15, -0.1) is 0 Å². The number of methoxy groups -OCH3 is 1. The number of hydrogen-bond donors (Lipinski definition) is 0. The van der Waals surface area contributed by atoms with E-state index in [9.17, 15) is 14.0 Å². The minimum Gasteiger partial charge on any atom is -0.453 e. The molecule has 11 heteroatoms. The van der Waals surface area contributed by atoms with Gasteiger partial charge in [-0.05, 0) is 42.3 Å². The number of benzene rings is 1. The number of amides is 1. The van der Waals surface area contributed by atoms with Crippen LogP contribution in [0.1, 0.15) is 33.4 Å². The zero-order valence-corrected chi connectivity index (χ0v) is 19.0. The Morgan fingerprint density at radius 3 is 2.85 bits per heavy atom. The summed E-state index contributed by atoms with van der Waals surface area (Å²) in [5.41, 5.74) is 2.20. The molecule has 0 radical (unpaired) electrons. The van der Waals surface area contributed by atoms with Crippen LogP contribution in [0.5, 0.6) is 0 Å². The highest BCUT2D eigenvalue weighted by Crippen LogP contribution is 2.29. The number of hydrogen-bond acceptors (Lipinski definition) is 7. The van der Waals surface area contributed by atoms with Gasteiger partial charge >= 0.3 is 6.09 Å². The quantitative estimate of drug-likeness (QED) is 0.394. The van der Waals surface area contributed by atoms with Gasteiger partial charge in [-0.2, -0.15) is 4.98 Å². The summed E-state index contributed by atoms with van der Waals surface area (Å²) in [4.78, 5) is 34.7. The lowest BCUT2D eigenvalue weighted by Gasteiger charge is -2.35. The van der Waals surface area contributed by atoms with Crippen molar-refractivity contribution < 1.29 is 23.2 Å². The van der Waals surface area contributed by atoms with Crippen LogP contribution in [-0.2, 0) is 11.2 Å². The third-order valence-electron chi connectivity index (χ3n) is 5.92. The zero-order chi connectivity index (χ0) is 24.0. The summed E-state index contributed by atoms with van der Waals surface area (Å²) < 4.78 is 26.4. The molecule has 0 spiro atoms. The fourth-order valence-electron chi connectivity index (χ4n) is 3.90. The van der Waals surface area contributed by atoms with Crippen molar-refractivity contribution in [2.24, 2.45) is 0 Å². The second-order valence-corrected chi connectivity index (χ2v) is 8.53. The van der Waals surface area contributed by atoms with E-state index in [1.165, 1.54) is 24.3 Å². The van der Waals surface area contributed by atoms with Crippen molar-refractivity contribution >= 4 is 29.1 Å². The molecule has 5 rings (SSSR count). The van der Waals surface area contributed by atoms with E-state index in [0.29, 0.717) is 52.0 Å². The van der Waals surface area contributed by atoms with Crippen LogP contribution in [0.3, 0.4) is 0 Å². The third-order valence-corrected chi connectivity index (χ3v) is 6.15. The van der Waals surface area contributed by atoms with Crippen molar-refractivity contribution in [1.82, 2.24) is 24.4 Å². The Hall–Kier alpha value is -3.79. The molecule has 1 fully saturated rings. The molecular formula is C23H19ClFN5O4. The van der Waals surface area contributed by atoms with Crippen molar-refractivity contribution in [1.29, 1.82) is 0 Å². The molecule has 0 unspecified atom stereocenters. The number of imidazole rings is 1. The molecule has 9 nitrogen and oxygen atoms in total. The SMILES string of the molecule is COC(=O)N1CC(c2nc(-c3cc(F)c(C)c(CC(=O)c4cnc5ccc(Cl)cn45)c3)no2)C1. The second kappa shape index (κ2) is 8.53. The molecule has 1 aliphatic rings. The number of fused-ring (bicyclic) bond motifs is 1. The van der Waals surface area contributed by atoms with Gasteiger partial charge in [0.25, 0.3) is 0 Å². The lowest BCUT2D eigenvalue weighted by molar-refractivity contribution is 0.0804. The number of pyridine rings is 1. The maximum Gasteiger partial charge on any atom is 0.409 e. The van der Waals surface area contributed by atoms with Gasteiger partial charge in [-0.25, -0.2) is 14.2 Å². The first-order valence-corrected chi connectivity index (χ1v) is 10.8. The van der Waals surface area contributed by atoms with E-state index in [1.807, 2.05) is 0 Å². The van der Waals surface area contributed by atoms with E-state index in [1.54, 1.807) is 35.7 Å². The molecule has 0 N–H and O–H groups in total. The molecule has 3 aromatic heterocycles. The van der Waals surface area contributed by atoms with Gasteiger partial charge < -0.3 is 14.2 Å². The van der Waals surface area contributed by atoms with Crippen LogP contribution in [0.15, 0.2) is 41.2 Å². The number of likely N-dealkylation sites (tertiary alicyclic amines) is 1. The van der Waals surface area contributed by atoms with E-state index in [0.717, 1.165) is 0 Å². The average Bonchev–Trinajstić information content (AvgIpc) is 3.42. The number of Topliss-reactive ketones (excluding diaryl/α,β-unsaturated/α-hetero) is 1. The highest BCUT2D eigenvalue weighted by molar-refractivity contribution is 6.30. The Bertz CT molecular complexity index is 1430. The van der Waals surface area contributed by atoms with E-state index < -0.39 is 11.9 Å². The summed E-state index contributed by atoms with van der Waals surface area (Å²) in [5.74, 6) is -0.260. The Labute approximate surface area is 198 Å². The van der Waals surface area contributed by atoms with Crippen molar-refractivity contribution in [3.63, 3.8) is 0 Å². The fraction of sp³-hybridized carbons (Fsp3) is 0.261. The Morgan fingerprint density at radius 1 is 1.29 bits per heavy atom. The van der Waals surface area contributed by atoms with Gasteiger partial charge in [0.05, 0.1) is 24.2 Å². The first-order valence-electron chi connectivity index (χ1n) is 10.5. The van der Waals surface area contributed by atoms with E-state index >= 15 is 0 Å². The molecule has 0 aliphatic carbocycles. The fourth-order valence-corrected chi connectivity index (χ4v) is 4.06.